The third-order valence-electron chi connectivity index (χ3n) is 2.85. The Balaban J connectivity index is 2.54. The van der Waals surface area contributed by atoms with Crippen molar-refractivity contribution in [3.63, 3.8) is 0 Å². The van der Waals surface area contributed by atoms with E-state index in [1.165, 1.54) is 0 Å². The van der Waals surface area contributed by atoms with Gasteiger partial charge in [0.1, 0.15) is 5.75 Å². The van der Waals surface area contributed by atoms with E-state index in [4.69, 9.17) is 0 Å². The molecule has 1 rings (SSSR count). The summed E-state index contributed by atoms with van der Waals surface area (Å²) >= 11 is 3.26. The summed E-state index contributed by atoms with van der Waals surface area (Å²) in [7, 11) is 1.79. The number of aromatic hydroxyl groups is 1. The number of phenols is 1. The molecule has 1 amide bonds. The lowest BCUT2D eigenvalue weighted by Crippen LogP contribution is -2.42. The van der Waals surface area contributed by atoms with Crippen LogP contribution in [0.4, 0.5) is 0 Å². The van der Waals surface area contributed by atoms with Gasteiger partial charge >= 0.3 is 0 Å². The first-order valence-electron chi connectivity index (χ1n) is 5.91. The second-order valence-corrected chi connectivity index (χ2v) is 5.10. The molecule has 0 saturated heterocycles. The summed E-state index contributed by atoms with van der Waals surface area (Å²) in [6.07, 6.45) is 0. The zero-order chi connectivity index (χ0) is 13.7. The molecule has 0 spiro atoms. The largest absolute Gasteiger partial charge is 0.507 e. The molecule has 0 fully saturated rings. The van der Waals surface area contributed by atoms with Crippen molar-refractivity contribution >= 4 is 21.8 Å². The molecule has 1 aromatic carbocycles. The standard InChI is InChI=1S/C13H19BrN2O2/c1-4-16(3)13(18)9(2)15-8-10-5-6-12(17)11(14)7-10/h5-7,9,15,17H,4,8H2,1-3H3. The van der Waals surface area contributed by atoms with E-state index in [-0.39, 0.29) is 17.7 Å². The highest BCUT2D eigenvalue weighted by Crippen LogP contribution is 2.24. The van der Waals surface area contributed by atoms with E-state index >= 15 is 0 Å². The highest BCUT2D eigenvalue weighted by Gasteiger charge is 2.15. The van der Waals surface area contributed by atoms with Crippen molar-refractivity contribution in [3.05, 3.63) is 28.2 Å². The number of hydrogen-bond acceptors (Lipinski definition) is 3. The summed E-state index contributed by atoms with van der Waals surface area (Å²) in [6.45, 7) is 5.09. The van der Waals surface area contributed by atoms with E-state index in [2.05, 4.69) is 21.2 Å². The van der Waals surface area contributed by atoms with Crippen molar-refractivity contribution in [2.75, 3.05) is 13.6 Å². The Morgan fingerprint density at radius 3 is 2.78 bits per heavy atom. The van der Waals surface area contributed by atoms with Gasteiger partial charge in [0.25, 0.3) is 0 Å². The Hall–Kier alpha value is -1.07. The molecule has 0 saturated carbocycles. The zero-order valence-corrected chi connectivity index (χ0v) is 12.5. The van der Waals surface area contributed by atoms with Gasteiger partial charge in [0, 0.05) is 20.1 Å². The Labute approximate surface area is 116 Å². The number of rotatable bonds is 5. The van der Waals surface area contributed by atoms with Crippen molar-refractivity contribution < 1.29 is 9.90 Å². The van der Waals surface area contributed by atoms with Crippen LogP contribution in [0.2, 0.25) is 0 Å². The number of nitrogens with one attached hydrogen (secondary N) is 1. The molecule has 0 bridgehead atoms. The summed E-state index contributed by atoms with van der Waals surface area (Å²) in [5.74, 6) is 0.295. The number of nitrogens with zero attached hydrogens (tertiary/aromatic N) is 1. The van der Waals surface area contributed by atoms with Crippen molar-refractivity contribution in [3.8, 4) is 5.75 Å². The van der Waals surface area contributed by atoms with Gasteiger partial charge in [-0.15, -0.1) is 0 Å². The molecule has 0 aliphatic heterocycles. The Bertz CT molecular complexity index is 423. The fourth-order valence-electron chi connectivity index (χ4n) is 1.51. The summed E-state index contributed by atoms with van der Waals surface area (Å²) in [5, 5.41) is 12.6. The Morgan fingerprint density at radius 1 is 1.56 bits per heavy atom. The van der Waals surface area contributed by atoms with Gasteiger partial charge in [-0.1, -0.05) is 6.07 Å². The van der Waals surface area contributed by atoms with E-state index in [1.54, 1.807) is 18.0 Å². The molecule has 1 aromatic rings. The van der Waals surface area contributed by atoms with Gasteiger partial charge < -0.3 is 15.3 Å². The van der Waals surface area contributed by atoms with Crippen molar-refractivity contribution in [2.45, 2.75) is 26.4 Å². The summed E-state index contributed by atoms with van der Waals surface area (Å²) in [4.78, 5) is 13.5. The van der Waals surface area contributed by atoms with Crippen LogP contribution in [0.3, 0.4) is 0 Å². The third-order valence-corrected chi connectivity index (χ3v) is 3.48. The monoisotopic (exact) mass is 314 g/mol. The number of amides is 1. The number of phenolic OH excluding ortho intramolecular Hbond substituents is 1. The van der Waals surface area contributed by atoms with Crippen LogP contribution in [-0.4, -0.2) is 35.5 Å². The van der Waals surface area contributed by atoms with Gasteiger partial charge in [0.15, 0.2) is 0 Å². The number of halogens is 1. The first-order chi connectivity index (χ1) is 8.45. The highest BCUT2D eigenvalue weighted by atomic mass is 79.9. The lowest BCUT2D eigenvalue weighted by atomic mass is 10.2. The fourth-order valence-corrected chi connectivity index (χ4v) is 1.93. The van der Waals surface area contributed by atoms with Crippen LogP contribution in [0.25, 0.3) is 0 Å². The number of hydrogen-bond donors (Lipinski definition) is 2. The van der Waals surface area contributed by atoms with Gasteiger partial charge in [-0.25, -0.2) is 0 Å². The quantitative estimate of drug-likeness (QED) is 0.875. The number of benzene rings is 1. The maximum Gasteiger partial charge on any atom is 0.239 e. The van der Waals surface area contributed by atoms with Gasteiger partial charge in [-0.05, 0) is 47.5 Å². The first-order valence-corrected chi connectivity index (χ1v) is 6.70. The minimum atomic E-state index is -0.220. The maximum atomic E-state index is 11.8. The second-order valence-electron chi connectivity index (χ2n) is 4.24. The molecule has 0 aliphatic carbocycles. The molecule has 4 nitrogen and oxygen atoms in total. The fraction of sp³-hybridized carbons (Fsp3) is 0.462. The molecular formula is C13H19BrN2O2. The average Bonchev–Trinajstić information content (AvgIpc) is 2.37. The molecule has 0 radical (unpaired) electrons. The number of likely N-dealkylation sites (N-methyl/N-ethyl adjacent to an activating group) is 1. The van der Waals surface area contributed by atoms with E-state index < -0.39 is 0 Å². The molecule has 100 valence electrons. The molecule has 5 heteroatoms. The predicted molar refractivity (Wildman–Crippen MR) is 75.4 cm³/mol. The van der Waals surface area contributed by atoms with Gasteiger partial charge in [-0.3, -0.25) is 4.79 Å². The van der Waals surface area contributed by atoms with Crippen molar-refractivity contribution in [1.29, 1.82) is 0 Å². The van der Waals surface area contributed by atoms with Crippen LogP contribution in [0.15, 0.2) is 22.7 Å². The van der Waals surface area contributed by atoms with Gasteiger partial charge in [0.05, 0.1) is 10.5 Å². The predicted octanol–water partition coefficient (Wildman–Crippen LogP) is 2.11. The first kappa shape index (κ1) is 15.0. The minimum Gasteiger partial charge on any atom is -0.507 e. The van der Waals surface area contributed by atoms with E-state index in [1.807, 2.05) is 26.0 Å². The zero-order valence-electron chi connectivity index (χ0n) is 10.9. The topological polar surface area (TPSA) is 52.6 Å². The third kappa shape index (κ3) is 3.99. The van der Waals surface area contributed by atoms with Crippen LogP contribution in [-0.2, 0) is 11.3 Å². The van der Waals surface area contributed by atoms with Crippen LogP contribution in [0.1, 0.15) is 19.4 Å². The Kier molecular flexibility index (Phi) is 5.62. The SMILES string of the molecule is CCN(C)C(=O)C(C)NCc1ccc(O)c(Br)c1. The van der Waals surface area contributed by atoms with Crippen molar-refractivity contribution in [1.82, 2.24) is 10.2 Å². The lowest BCUT2D eigenvalue weighted by Gasteiger charge is -2.20. The minimum absolute atomic E-state index is 0.0790. The molecule has 18 heavy (non-hydrogen) atoms. The molecule has 0 aliphatic rings. The van der Waals surface area contributed by atoms with Crippen LogP contribution in [0.5, 0.6) is 5.75 Å². The molecule has 1 atom stereocenters. The number of carbonyl (C=O) groups excluding carboxylic acids is 1. The second kappa shape index (κ2) is 6.75. The molecule has 2 N–H and O–H groups in total. The van der Waals surface area contributed by atoms with Crippen LogP contribution < -0.4 is 5.32 Å². The molecular weight excluding hydrogens is 296 g/mol. The Morgan fingerprint density at radius 2 is 2.22 bits per heavy atom. The smallest absolute Gasteiger partial charge is 0.239 e. The highest BCUT2D eigenvalue weighted by molar-refractivity contribution is 9.10. The number of carbonyl (C=O) groups is 1. The van der Waals surface area contributed by atoms with Crippen LogP contribution >= 0.6 is 15.9 Å². The maximum absolute atomic E-state index is 11.8. The normalized spacial score (nSPS) is 12.2. The molecule has 1 unspecified atom stereocenters. The van der Waals surface area contributed by atoms with Gasteiger partial charge in [0.2, 0.25) is 5.91 Å². The molecule has 0 heterocycles. The molecule has 0 aromatic heterocycles. The summed E-state index contributed by atoms with van der Waals surface area (Å²) in [6, 6.07) is 5.07. The van der Waals surface area contributed by atoms with E-state index in [0.717, 1.165) is 5.56 Å². The lowest BCUT2D eigenvalue weighted by molar-refractivity contribution is -0.131. The van der Waals surface area contributed by atoms with E-state index in [9.17, 15) is 9.90 Å². The summed E-state index contributed by atoms with van der Waals surface area (Å²) in [5.41, 5.74) is 1.01. The van der Waals surface area contributed by atoms with Gasteiger partial charge in [-0.2, -0.15) is 0 Å². The van der Waals surface area contributed by atoms with Crippen molar-refractivity contribution in [2.24, 2.45) is 0 Å². The summed E-state index contributed by atoms with van der Waals surface area (Å²) < 4.78 is 0.659. The van der Waals surface area contributed by atoms with E-state index in [0.29, 0.717) is 17.6 Å². The average molecular weight is 315 g/mol. The van der Waals surface area contributed by atoms with Crippen LogP contribution in [0, 0.1) is 0 Å².